The molecule has 0 bridgehead atoms. The molecule has 3 aliphatic rings. The number of aromatic nitrogens is 4. The summed E-state index contributed by atoms with van der Waals surface area (Å²) >= 11 is 0. The largest absolute Gasteiger partial charge is 0.352 e. The van der Waals surface area contributed by atoms with Crippen molar-refractivity contribution in [3.8, 4) is 0 Å². The lowest BCUT2D eigenvalue weighted by atomic mass is 10.3. The van der Waals surface area contributed by atoms with Gasteiger partial charge in [0.15, 0.2) is 17.0 Å². The molecule has 2 aromatic heterocycles. The van der Waals surface area contributed by atoms with Crippen molar-refractivity contribution >= 4 is 27.0 Å². The Morgan fingerprint density at radius 3 is 2.38 bits per heavy atom. The molecule has 0 atom stereocenters. The van der Waals surface area contributed by atoms with E-state index in [4.69, 9.17) is 0 Å². The van der Waals surface area contributed by atoms with Gasteiger partial charge < -0.3 is 9.47 Å². The minimum absolute atomic E-state index is 0.135. The molecule has 1 saturated heterocycles. The van der Waals surface area contributed by atoms with Crippen molar-refractivity contribution in [3.05, 3.63) is 12.7 Å². The van der Waals surface area contributed by atoms with Crippen molar-refractivity contribution < 1.29 is 8.42 Å². The van der Waals surface area contributed by atoms with E-state index in [0.29, 0.717) is 32.2 Å². The van der Waals surface area contributed by atoms with Gasteiger partial charge in [0.1, 0.15) is 6.33 Å². The first-order valence-corrected chi connectivity index (χ1v) is 10.1. The Bertz CT molecular complexity index is 879. The molecule has 2 saturated carbocycles. The Kier molecular flexibility index (Phi) is 3.12. The fraction of sp³-hybridized carbons (Fsp3) is 0.667. The highest BCUT2D eigenvalue weighted by atomic mass is 32.2. The van der Waals surface area contributed by atoms with Gasteiger partial charge in [-0.2, -0.15) is 4.31 Å². The van der Waals surface area contributed by atoms with Crippen LogP contribution < -0.4 is 4.90 Å². The summed E-state index contributed by atoms with van der Waals surface area (Å²) in [5.74, 6) is 0.822. The number of hydrogen-bond donors (Lipinski definition) is 0. The van der Waals surface area contributed by atoms with Gasteiger partial charge in [-0.15, -0.1) is 0 Å². The van der Waals surface area contributed by atoms with E-state index in [2.05, 4.69) is 24.4 Å². The molecule has 5 rings (SSSR count). The lowest BCUT2D eigenvalue weighted by molar-refractivity contribution is 0.383. The van der Waals surface area contributed by atoms with Crippen LogP contribution in [0.25, 0.3) is 11.2 Å². The molecule has 2 aliphatic carbocycles. The molecule has 0 N–H and O–H groups in total. The first-order chi connectivity index (χ1) is 11.6. The van der Waals surface area contributed by atoms with Crippen molar-refractivity contribution in [2.45, 2.75) is 37.0 Å². The molecule has 8 nitrogen and oxygen atoms in total. The minimum atomic E-state index is -3.08. The van der Waals surface area contributed by atoms with Gasteiger partial charge in [-0.1, -0.05) is 0 Å². The highest BCUT2D eigenvalue weighted by Crippen LogP contribution is 2.37. The Labute approximate surface area is 140 Å². The maximum Gasteiger partial charge on any atom is 0.217 e. The maximum atomic E-state index is 12.4. The second kappa shape index (κ2) is 5.13. The number of nitrogens with zero attached hydrogens (tertiary/aromatic N) is 6. The Morgan fingerprint density at radius 2 is 1.71 bits per heavy atom. The molecule has 0 unspecified atom stereocenters. The summed E-state index contributed by atoms with van der Waals surface area (Å²) in [4.78, 5) is 15.5. The lowest BCUT2D eigenvalue weighted by Gasteiger charge is -2.34. The van der Waals surface area contributed by atoms with E-state index in [9.17, 15) is 8.42 Å². The molecule has 0 spiro atoms. The molecule has 128 valence electrons. The SMILES string of the molecule is O=S(=O)(C1CC1)N1CCN(c2ncnc3c2ncn3C2CC2)CC1. The average Bonchev–Trinajstić information content (AvgIpc) is 3.51. The second-order valence-corrected chi connectivity index (χ2v) is 9.10. The summed E-state index contributed by atoms with van der Waals surface area (Å²) in [6.45, 7) is 2.34. The molecular weight excluding hydrogens is 328 g/mol. The average molecular weight is 348 g/mol. The summed E-state index contributed by atoms with van der Waals surface area (Å²) in [6.07, 6.45) is 7.44. The van der Waals surface area contributed by atoms with Crippen molar-refractivity contribution in [1.29, 1.82) is 0 Å². The van der Waals surface area contributed by atoms with E-state index in [-0.39, 0.29) is 5.25 Å². The molecular formula is C15H20N6O2S. The van der Waals surface area contributed by atoms with Crippen molar-refractivity contribution in [2.24, 2.45) is 0 Å². The second-order valence-electron chi connectivity index (χ2n) is 6.88. The summed E-state index contributed by atoms with van der Waals surface area (Å²) in [5.41, 5.74) is 1.71. The van der Waals surface area contributed by atoms with Crippen LogP contribution in [0.4, 0.5) is 5.82 Å². The molecule has 1 aliphatic heterocycles. The van der Waals surface area contributed by atoms with Crippen molar-refractivity contribution in [1.82, 2.24) is 23.8 Å². The number of fused-ring (bicyclic) bond motifs is 1. The molecule has 0 radical (unpaired) electrons. The molecule has 3 heterocycles. The van der Waals surface area contributed by atoms with Gasteiger partial charge in [-0.05, 0) is 25.7 Å². The van der Waals surface area contributed by atoms with E-state index in [1.807, 2.05) is 6.33 Å². The quantitative estimate of drug-likeness (QED) is 0.812. The minimum Gasteiger partial charge on any atom is -0.352 e. The van der Waals surface area contributed by atoms with Gasteiger partial charge in [-0.3, -0.25) is 0 Å². The fourth-order valence-electron chi connectivity index (χ4n) is 3.42. The van der Waals surface area contributed by atoms with Gasteiger partial charge >= 0.3 is 0 Å². The van der Waals surface area contributed by atoms with Gasteiger partial charge in [-0.25, -0.2) is 23.4 Å². The highest BCUT2D eigenvalue weighted by Gasteiger charge is 2.41. The first kappa shape index (κ1) is 14.6. The van der Waals surface area contributed by atoms with Gasteiger partial charge in [0.2, 0.25) is 10.0 Å². The van der Waals surface area contributed by atoms with Gasteiger partial charge in [0, 0.05) is 32.2 Å². The van der Waals surface area contributed by atoms with E-state index >= 15 is 0 Å². The smallest absolute Gasteiger partial charge is 0.217 e. The molecule has 2 aromatic rings. The summed E-state index contributed by atoms with van der Waals surface area (Å²) < 4.78 is 28.5. The summed E-state index contributed by atoms with van der Waals surface area (Å²) in [5, 5.41) is -0.135. The van der Waals surface area contributed by atoms with Crippen LogP contribution in [0, 0.1) is 0 Å². The number of hydrogen-bond acceptors (Lipinski definition) is 6. The third-order valence-electron chi connectivity index (χ3n) is 5.12. The zero-order valence-electron chi connectivity index (χ0n) is 13.4. The van der Waals surface area contributed by atoms with Gasteiger partial charge in [0.05, 0.1) is 11.6 Å². The van der Waals surface area contributed by atoms with Crippen molar-refractivity contribution in [2.75, 3.05) is 31.1 Å². The molecule has 9 heteroatoms. The first-order valence-electron chi connectivity index (χ1n) is 8.56. The van der Waals surface area contributed by atoms with Crippen LogP contribution in [0.1, 0.15) is 31.7 Å². The van der Waals surface area contributed by atoms with Crippen LogP contribution >= 0.6 is 0 Å². The zero-order chi connectivity index (χ0) is 16.3. The zero-order valence-corrected chi connectivity index (χ0v) is 14.2. The van der Waals surface area contributed by atoms with E-state index in [1.54, 1.807) is 10.6 Å². The molecule has 0 amide bonds. The van der Waals surface area contributed by atoms with Crippen LogP contribution in [-0.2, 0) is 10.0 Å². The highest BCUT2D eigenvalue weighted by molar-refractivity contribution is 7.90. The van der Waals surface area contributed by atoms with Crippen LogP contribution in [0.15, 0.2) is 12.7 Å². The van der Waals surface area contributed by atoms with Crippen molar-refractivity contribution in [3.63, 3.8) is 0 Å². The molecule has 24 heavy (non-hydrogen) atoms. The van der Waals surface area contributed by atoms with Crippen LogP contribution in [0.5, 0.6) is 0 Å². The number of imidazole rings is 1. The van der Waals surface area contributed by atoms with Crippen LogP contribution in [-0.4, -0.2) is 63.7 Å². The fourth-order valence-corrected chi connectivity index (χ4v) is 5.25. The summed E-state index contributed by atoms with van der Waals surface area (Å²) in [6, 6.07) is 0.526. The van der Waals surface area contributed by atoms with Crippen LogP contribution in [0.3, 0.4) is 0 Å². The predicted octanol–water partition coefficient (Wildman–Crippen LogP) is 0.775. The lowest BCUT2D eigenvalue weighted by Crippen LogP contribution is -2.49. The number of anilines is 1. The topological polar surface area (TPSA) is 84.2 Å². The number of sulfonamides is 1. The van der Waals surface area contributed by atoms with Crippen LogP contribution in [0.2, 0.25) is 0 Å². The molecule has 0 aromatic carbocycles. The number of rotatable bonds is 4. The Morgan fingerprint density at radius 1 is 0.958 bits per heavy atom. The monoisotopic (exact) mass is 348 g/mol. The third kappa shape index (κ3) is 2.29. The Hall–Kier alpha value is -1.74. The van der Waals surface area contributed by atoms with E-state index in [0.717, 1.165) is 29.8 Å². The maximum absolute atomic E-state index is 12.4. The third-order valence-corrected chi connectivity index (χ3v) is 7.52. The standard InChI is InChI=1S/C15H20N6O2S/c22-24(23,12-3-4-12)20-7-5-19(6-8-20)14-13-15(17-9-16-14)21(10-18-13)11-1-2-11/h9-12H,1-8H2. The van der Waals surface area contributed by atoms with E-state index < -0.39 is 10.0 Å². The Balaban J connectivity index is 1.39. The predicted molar refractivity (Wildman–Crippen MR) is 89.3 cm³/mol. The molecule has 3 fully saturated rings. The van der Waals surface area contributed by atoms with E-state index in [1.165, 1.54) is 12.8 Å². The van der Waals surface area contributed by atoms with Gasteiger partial charge in [0.25, 0.3) is 0 Å². The normalized spacial score (nSPS) is 23.1. The number of piperazine rings is 1. The summed E-state index contributed by atoms with van der Waals surface area (Å²) in [7, 11) is -3.08.